The van der Waals surface area contributed by atoms with Gasteiger partial charge in [-0.2, -0.15) is 0 Å². The van der Waals surface area contributed by atoms with Crippen molar-refractivity contribution in [2.45, 2.75) is 116 Å². The molecule has 1 heterocycles. The number of fused-ring (bicyclic) bond motifs is 1. The third kappa shape index (κ3) is 14.8. The quantitative estimate of drug-likeness (QED) is 0.0456. The number of aromatic nitrogens is 1. The van der Waals surface area contributed by atoms with Gasteiger partial charge in [0, 0.05) is 24.2 Å². The highest BCUT2D eigenvalue weighted by Crippen LogP contribution is 2.40. The van der Waals surface area contributed by atoms with E-state index in [4.69, 9.17) is 23.7 Å². The molecule has 0 saturated carbocycles. The van der Waals surface area contributed by atoms with Crippen LogP contribution in [-0.4, -0.2) is 37.6 Å². The average molecular weight is 754 g/mol. The number of aryl methyl sites for hydroxylation is 1. The summed E-state index contributed by atoms with van der Waals surface area (Å²) in [4.78, 5) is 14.6. The molecule has 0 fully saturated rings. The van der Waals surface area contributed by atoms with Crippen molar-refractivity contribution in [2.24, 2.45) is 0 Å². The predicted molar refractivity (Wildman–Crippen MR) is 232 cm³/mol. The molecule has 2 aromatic carbocycles. The first-order chi connectivity index (χ1) is 27.0. The zero-order valence-corrected chi connectivity index (χ0v) is 33.8. The zero-order chi connectivity index (χ0) is 39.5. The minimum Gasteiger partial charge on any atom is -0.489 e. The van der Waals surface area contributed by atoms with Crippen molar-refractivity contribution in [3.63, 3.8) is 0 Å². The van der Waals surface area contributed by atoms with Crippen LogP contribution in [0.5, 0.6) is 28.7 Å². The van der Waals surface area contributed by atoms with Gasteiger partial charge in [-0.25, -0.2) is 0 Å². The van der Waals surface area contributed by atoms with Crippen LogP contribution in [0.2, 0.25) is 0 Å². The van der Waals surface area contributed by atoms with Gasteiger partial charge in [-0.3, -0.25) is 4.79 Å². The highest BCUT2D eigenvalue weighted by Gasteiger charge is 2.24. The van der Waals surface area contributed by atoms with Crippen LogP contribution in [0.1, 0.15) is 110 Å². The lowest BCUT2D eigenvalue weighted by Crippen LogP contribution is -2.18. The molecule has 0 spiro atoms. The molecule has 3 rings (SSSR count). The van der Waals surface area contributed by atoms with Crippen molar-refractivity contribution in [1.29, 1.82) is 0 Å². The van der Waals surface area contributed by atoms with Crippen molar-refractivity contribution in [3.05, 3.63) is 104 Å². The molecule has 0 bridgehead atoms. The standard InChI is InChI=1S/C48H67NO6/c1-7-13-14-15-16-17-18-19-20-21-22-23-24-25-26-27-30-49-41-37-40(51-31-8-2)38-44(54-34-11-5)45(41)47(50)48(55-35-12-6)46(49)39-28-29-42(52-32-9-3)43(36-39)53-33-10-4/h8-12,28-29,36-38H,2-7,13-27,30-35H2,1H3. The van der Waals surface area contributed by atoms with Gasteiger partial charge >= 0.3 is 0 Å². The molecular weight excluding hydrogens is 687 g/mol. The smallest absolute Gasteiger partial charge is 0.235 e. The second kappa shape index (κ2) is 27.0. The molecule has 0 aliphatic heterocycles. The Morgan fingerprint density at radius 1 is 0.527 bits per heavy atom. The highest BCUT2D eigenvalue weighted by molar-refractivity contribution is 5.92. The van der Waals surface area contributed by atoms with E-state index in [0.717, 1.165) is 24.8 Å². The van der Waals surface area contributed by atoms with Crippen LogP contribution >= 0.6 is 0 Å². The number of nitrogens with zero attached hydrogens (tertiary/aromatic N) is 1. The molecule has 0 N–H and O–H groups in total. The number of rotatable bonds is 33. The molecular formula is C48H67NO6. The molecule has 7 nitrogen and oxygen atoms in total. The fraction of sp³-hybridized carbons (Fsp3) is 0.479. The zero-order valence-electron chi connectivity index (χ0n) is 33.8. The van der Waals surface area contributed by atoms with Gasteiger partial charge in [0.25, 0.3) is 0 Å². The van der Waals surface area contributed by atoms with Crippen LogP contribution in [-0.2, 0) is 6.54 Å². The van der Waals surface area contributed by atoms with E-state index in [9.17, 15) is 4.79 Å². The number of hydrogen-bond donors (Lipinski definition) is 0. The summed E-state index contributed by atoms with van der Waals surface area (Å²) in [6.45, 7) is 23.3. The molecule has 7 heteroatoms. The van der Waals surface area contributed by atoms with Crippen molar-refractivity contribution >= 4 is 10.9 Å². The number of ether oxygens (including phenoxy) is 5. The maximum absolute atomic E-state index is 14.6. The lowest BCUT2D eigenvalue weighted by molar-refractivity contribution is 0.308. The van der Waals surface area contributed by atoms with E-state index >= 15 is 0 Å². The van der Waals surface area contributed by atoms with E-state index in [2.05, 4.69) is 44.4 Å². The van der Waals surface area contributed by atoms with Gasteiger partial charge in [0.2, 0.25) is 5.43 Å². The van der Waals surface area contributed by atoms with E-state index in [1.807, 2.05) is 24.3 Å². The summed E-state index contributed by atoms with van der Waals surface area (Å²) in [7, 11) is 0. The summed E-state index contributed by atoms with van der Waals surface area (Å²) < 4.78 is 32.6. The summed E-state index contributed by atoms with van der Waals surface area (Å²) in [6, 6.07) is 9.33. The van der Waals surface area contributed by atoms with Crippen LogP contribution in [0.25, 0.3) is 22.2 Å². The molecule has 0 radical (unpaired) electrons. The van der Waals surface area contributed by atoms with E-state index in [1.165, 1.54) is 83.5 Å². The van der Waals surface area contributed by atoms with Gasteiger partial charge < -0.3 is 28.3 Å². The van der Waals surface area contributed by atoms with Crippen LogP contribution in [0.15, 0.2) is 98.4 Å². The third-order valence-corrected chi connectivity index (χ3v) is 9.50. The second-order valence-corrected chi connectivity index (χ2v) is 13.9. The third-order valence-electron chi connectivity index (χ3n) is 9.50. The molecule has 0 amide bonds. The van der Waals surface area contributed by atoms with Gasteiger partial charge in [0.05, 0.1) is 16.6 Å². The Bertz CT molecular complexity index is 1690. The summed E-state index contributed by atoms with van der Waals surface area (Å²) in [5, 5.41) is 0.418. The van der Waals surface area contributed by atoms with E-state index in [0.29, 0.717) is 59.4 Å². The lowest BCUT2D eigenvalue weighted by Gasteiger charge is -2.23. The Balaban J connectivity index is 1.92. The van der Waals surface area contributed by atoms with Gasteiger partial charge in [0.1, 0.15) is 44.5 Å². The molecule has 300 valence electrons. The van der Waals surface area contributed by atoms with E-state index in [1.54, 1.807) is 36.4 Å². The Hall–Kier alpha value is -4.65. The number of unbranched alkanes of at least 4 members (excludes halogenated alkanes) is 15. The Labute approximate surface area is 331 Å². The van der Waals surface area contributed by atoms with Gasteiger partial charge in [-0.05, 0) is 24.6 Å². The largest absolute Gasteiger partial charge is 0.489 e. The van der Waals surface area contributed by atoms with Gasteiger partial charge in [-0.15, -0.1) is 0 Å². The SMILES string of the molecule is C=CCOc1cc(OCC=C)c2c(=O)c(OCC=C)c(-c3ccc(OCC=C)c(OCC=C)c3)n(CCCCCCCCCCCCCCCCCC)c2c1. The maximum atomic E-state index is 14.6. The summed E-state index contributed by atoms with van der Waals surface area (Å²) in [5.41, 5.74) is 1.78. The van der Waals surface area contributed by atoms with Gasteiger partial charge in [-0.1, -0.05) is 167 Å². The predicted octanol–water partition coefficient (Wildman–Crippen LogP) is 12.8. The fourth-order valence-corrected chi connectivity index (χ4v) is 6.78. The number of hydrogen-bond acceptors (Lipinski definition) is 6. The first-order valence-corrected chi connectivity index (χ1v) is 20.6. The second-order valence-electron chi connectivity index (χ2n) is 13.9. The van der Waals surface area contributed by atoms with Crippen LogP contribution in [0.4, 0.5) is 0 Å². The lowest BCUT2D eigenvalue weighted by atomic mass is 10.0. The van der Waals surface area contributed by atoms with Crippen molar-refractivity contribution in [1.82, 2.24) is 4.57 Å². The maximum Gasteiger partial charge on any atom is 0.235 e. The molecule has 0 aliphatic rings. The molecule has 0 saturated heterocycles. The Kier molecular flexibility index (Phi) is 22.0. The molecule has 0 atom stereocenters. The molecule has 1 aromatic heterocycles. The minimum absolute atomic E-state index is 0.149. The molecule has 3 aromatic rings. The number of benzene rings is 2. The number of pyridine rings is 1. The van der Waals surface area contributed by atoms with Crippen molar-refractivity contribution in [2.75, 3.05) is 33.0 Å². The molecule has 0 unspecified atom stereocenters. The van der Waals surface area contributed by atoms with Crippen LogP contribution in [0, 0.1) is 0 Å². The Morgan fingerprint density at radius 3 is 1.55 bits per heavy atom. The minimum atomic E-state index is -0.287. The van der Waals surface area contributed by atoms with Crippen molar-refractivity contribution in [3.8, 4) is 40.0 Å². The monoisotopic (exact) mass is 753 g/mol. The normalized spacial score (nSPS) is 10.9. The first kappa shape index (κ1) is 44.7. The summed E-state index contributed by atoms with van der Waals surface area (Å²) in [5.74, 6) is 2.27. The summed E-state index contributed by atoms with van der Waals surface area (Å²) >= 11 is 0. The van der Waals surface area contributed by atoms with E-state index in [-0.39, 0.29) is 31.0 Å². The summed E-state index contributed by atoms with van der Waals surface area (Å²) in [6.07, 6.45) is 29.0. The molecule has 0 aliphatic carbocycles. The van der Waals surface area contributed by atoms with E-state index < -0.39 is 0 Å². The highest BCUT2D eigenvalue weighted by atomic mass is 16.5. The van der Waals surface area contributed by atoms with Crippen molar-refractivity contribution < 1.29 is 23.7 Å². The topological polar surface area (TPSA) is 68.2 Å². The molecule has 55 heavy (non-hydrogen) atoms. The van der Waals surface area contributed by atoms with Crippen LogP contribution in [0.3, 0.4) is 0 Å². The van der Waals surface area contributed by atoms with Gasteiger partial charge in [0.15, 0.2) is 17.2 Å². The Morgan fingerprint density at radius 2 is 1.00 bits per heavy atom. The average Bonchev–Trinajstić information content (AvgIpc) is 3.20. The van der Waals surface area contributed by atoms with Crippen LogP contribution < -0.4 is 29.1 Å². The first-order valence-electron chi connectivity index (χ1n) is 20.6. The fourth-order valence-electron chi connectivity index (χ4n) is 6.78.